The second-order valence-electron chi connectivity index (χ2n) is 5.95. The van der Waals surface area contributed by atoms with Gasteiger partial charge in [-0.3, -0.25) is 9.59 Å². The van der Waals surface area contributed by atoms with Crippen LogP contribution in [0.4, 0.5) is 11.4 Å². The van der Waals surface area contributed by atoms with Gasteiger partial charge in [-0.15, -0.1) is 0 Å². The summed E-state index contributed by atoms with van der Waals surface area (Å²) >= 11 is 1.48. The average Bonchev–Trinajstić information content (AvgIpc) is 2.57. The number of rotatable bonds is 7. The molecule has 4 nitrogen and oxygen atoms in total. The van der Waals surface area contributed by atoms with E-state index in [4.69, 9.17) is 0 Å². The molecule has 0 bridgehead atoms. The van der Waals surface area contributed by atoms with E-state index in [2.05, 4.69) is 10.6 Å². The summed E-state index contributed by atoms with van der Waals surface area (Å²) in [6.45, 7) is 4.00. The van der Waals surface area contributed by atoms with E-state index in [9.17, 15) is 9.59 Å². The van der Waals surface area contributed by atoms with Crippen molar-refractivity contribution >= 4 is 35.0 Å². The molecule has 2 aromatic carbocycles. The Labute approximate surface area is 152 Å². The highest BCUT2D eigenvalue weighted by molar-refractivity contribution is 8.02. The molecule has 5 heteroatoms. The van der Waals surface area contributed by atoms with Crippen LogP contribution < -0.4 is 10.6 Å². The lowest BCUT2D eigenvalue weighted by atomic mass is 10.1. The Morgan fingerprint density at radius 1 is 0.960 bits per heavy atom. The molecule has 25 heavy (non-hydrogen) atoms. The summed E-state index contributed by atoms with van der Waals surface area (Å²) in [5.41, 5.74) is 1.40. The minimum Gasteiger partial charge on any atom is -0.326 e. The van der Waals surface area contributed by atoms with E-state index in [1.807, 2.05) is 44.2 Å². The van der Waals surface area contributed by atoms with Gasteiger partial charge in [0.15, 0.2) is 0 Å². The van der Waals surface area contributed by atoms with Crippen LogP contribution in [0.1, 0.15) is 20.3 Å². The van der Waals surface area contributed by atoms with Gasteiger partial charge in [-0.25, -0.2) is 0 Å². The Balaban J connectivity index is 1.82. The largest absolute Gasteiger partial charge is 0.326 e. The van der Waals surface area contributed by atoms with Crippen LogP contribution in [0.15, 0.2) is 71.0 Å². The summed E-state index contributed by atoms with van der Waals surface area (Å²) in [6.07, 6.45) is 1.98. The molecule has 0 fully saturated rings. The van der Waals surface area contributed by atoms with E-state index in [-0.39, 0.29) is 11.8 Å². The fraction of sp³-hybridized carbons (Fsp3) is 0.200. The van der Waals surface area contributed by atoms with Crippen LogP contribution in [0.5, 0.6) is 0 Å². The molecule has 0 saturated heterocycles. The predicted octanol–water partition coefficient (Wildman–Crippen LogP) is 4.92. The van der Waals surface area contributed by atoms with Gasteiger partial charge in [-0.05, 0) is 47.7 Å². The molecule has 0 radical (unpaired) electrons. The van der Waals surface area contributed by atoms with Gasteiger partial charge in [0.2, 0.25) is 11.8 Å². The highest BCUT2D eigenvalue weighted by Gasteiger charge is 2.05. The van der Waals surface area contributed by atoms with Crippen molar-refractivity contribution in [2.75, 3.05) is 10.6 Å². The van der Waals surface area contributed by atoms with Crippen molar-refractivity contribution in [1.82, 2.24) is 0 Å². The van der Waals surface area contributed by atoms with Crippen LogP contribution in [0.25, 0.3) is 0 Å². The minimum absolute atomic E-state index is 0.00680. The van der Waals surface area contributed by atoms with E-state index >= 15 is 0 Å². The summed E-state index contributed by atoms with van der Waals surface area (Å²) in [4.78, 5) is 24.7. The van der Waals surface area contributed by atoms with Gasteiger partial charge in [0.05, 0.1) is 0 Å². The van der Waals surface area contributed by atoms with Crippen molar-refractivity contribution in [3.05, 3.63) is 66.1 Å². The first-order valence-corrected chi connectivity index (χ1v) is 9.00. The van der Waals surface area contributed by atoms with E-state index in [1.165, 1.54) is 17.8 Å². The molecule has 0 aliphatic rings. The fourth-order valence-corrected chi connectivity index (χ4v) is 2.74. The van der Waals surface area contributed by atoms with Gasteiger partial charge in [0.1, 0.15) is 0 Å². The van der Waals surface area contributed by atoms with Crippen molar-refractivity contribution in [2.24, 2.45) is 5.92 Å². The third-order valence-corrected chi connectivity index (χ3v) is 4.01. The van der Waals surface area contributed by atoms with E-state index in [1.54, 1.807) is 29.7 Å². The van der Waals surface area contributed by atoms with Crippen molar-refractivity contribution in [2.45, 2.75) is 25.2 Å². The molecule has 0 heterocycles. The van der Waals surface area contributed by atoms with Crippen LogP contribution in [0, 0.1) is 5.92 Å². The van der Waals surface area contributed by atoms with Gasteiger partial charge in [-0.2, -0.15) is 0 Å². The number of hydrogen-bond donors (Lipinski definition) is 2. The van der Waals surface area contributed by atoms with Crippen LogP contribution >= 0.6 is 11.8 Å². The molecule has 0 aromatic heterocycles. The van der Waals surface area contributed by atoms with Crippen LogP contribution in [0.3, 0.4) is 0 Å². The van der Waals surface area contributed by atoms with E-state index in [0.29, 0.717) is 18.0 Å². The zero-order valence-electron chi connectivity index (χ0n) is 14.4. The smallest absolute Gasteiger partial charge is 0.248 e. The number of benzene rings is 2. The van der Waals surface area contributed by atoms with Crippen LogP contribution in [0.2, 0.25) is 0 Å². The van der Waals surface area contributed by atoms with Crippen molar-refractivity contribution in [1.29, 1.82) is 0 Å². The number of carbonyl (C=O) groups excluding carboxylic acids is 2. The third kappa shape index (κ3) is 7.27. The van der Waals surface area contributed by atoms with Crippen molar-refractivity contribution < 1.29 is 9.59 Å². The molecular weight excluding hydrogens is 332 g/mol. The molecule has 0 aliphatic carbocycles. The lowest BCUT2D eigenvalue weighted by Gasteiger charge is -2.08. The zero-order valence-corrected chi connectivity index (χ0v) is 15.2. The van der Waals surface area contributed by atoms with Crippen molar-refractivity contribution in [3.63, 3.8) is 0 Å². The fourth-order valence-electron chi connectivity index (χ4n) is 2.08. The second-order valence-corrected chi connectivity index (χ2v) is 6.93. The highest BCUT2D eigenvalue weighted by atomic mass is 32.2. The predicted molar refractivity (Wildman–Crippen MR) is 105 cm³/mol. The van der Waals surface area contributed by atoms with Gasteiger partial charge < -0.3 is 10.6 Å². The number of hydrogen-bond acceptors (Lipinski definition) is 3. The summed E-state index contributed by atoms with van der Waals surface area (Å²) in [5.74, 6) is 0.117. The first-order chi connectivity index (χ1) is 12.0. The zero-order chi connectivity index (χ0) is 18.1. The maximum atomic E-state index is 11.9. The Hall–Kier alpha value is -2.53. The summed E-state index contributed by atoms with van der Waals surface area (Å²) in [6, 6.07) is 16.9. The molecular formula is C20H22N2O2S. The Bertz CT molecular complexity index is 725. The number of anilines is 2. The molecule has 0 spiro atoms. The number of carbonyl (C=O) groups is 2. The minimum atomic E-state index is -0.194. The summed E-state index contributed by atoms with van der Waals surface area (Å²) in [5, 5.41) is 7.38. The Morgan fingerprint density at radius 2 is 1.56 bits per heavy atom. The van der Waals surface area contributed by atoms with Gasteiger partial charge in [0, 0.05) is 28.8 Å². The second kappa shape index (κ2) is 9.69. The molecule has 0 saturated carbocycles. The third-order valence-electron chi connectivity index (χ3n) is 3.20. The van der Waals surface area contributed by atoms with Gasteiger partial charge in [0.25, 0.3) is 0 Å². The molecule has 2 amide bonds. The number of thioether (sulfide) groups is 1. The molecule has 0 unspecified atom stereocenters. The molecule has 2 N–H and O–H groups in total. The molecule has 2 aromatic rings. The normalized spacial score (nSPS) is 10.8. The quantitative estimate of drug-likeness (QED) is 0.548. The maximum Gasteiger partial charge on any atom is 0.248 e. The topological polar surface area (TPSA) is 58.2 Å². The first kappa shape index (κ1) is 18.8. The van der Waals surface area contributed by atoms with Gasteiger partial charge >= 0.3 is 0 Å². The summed E-state index contributed by atoms with van der Waals surface area (Å²) in [7, 11) is 0. The van der Waals surface area contributed by atoms with Gasteiger partial charge in [-0.1, -0.05) is 43.8 Å². The molecule has 0 aliphatic heterocycles. The molecule has 2 rings (SSSR count). The number of amides is 2. The van der Waals surface area contributed by atoms with Crippen LogP contribution in [-0.2, 0) is 9.59 Å². The van der Waals surface area contributed by atoms with Crippen molar-refractivity contribution in [3.8, 4) is 0 Å². The Morgan fingerprint density at radius 3 is 2.16 bits per heavy atom. The van der Waals surface area contributed by atoms with E-state index in [0.717, 1.165) is 10.6 Å². The SMILES string of the molecule is CC(C)CC(=O)Nc1ccc(NC(=O)/C=C/Sc2ccccc2)cc1. The average molecular weight is 354 g/mol. The summed E-state index contributed by atoms with van der Waals surface area (Å²) < 4.78 is 0. The lowest BCUT2D eigenvalue weighted by Crippen LogP contribution is -2.14. The maximum absolute atomic E-state index is 11.9. The molecule has 0 atom stereocenters. The highest BCUT2D eigenvalue weighted by Crippen LogP contribution is 2.18. The Kier molecular flexibility index (Phi) is 7.29. The first-order valence-electron chi connectivity index (χ1n) is 8.12. The monoisotopic (exact) mass is 354 g/mol. The number of nitrogens with one attached hydrogen (secondary N) is 2. The van der Waals surface area contributed by atoms with E-state index < -0.39 is 0 Å². The standard InChI is InChI=1S/C20H22N2O2S/c1-15(2)14-20(24)22-17-10-8-16(9-11-17)21-19(23)12-13-25-18-6-4-3-5-7-18/h3-13,15H,14H2,1-2H3,(H,21,23)(H,22,24)/b13-12+. The van der Waals surface area contributed by atoms with Crippen LogP contribution in [-0.4, -0.2) is 11.8 Å². The lowest BCUT2D eigenvalue weighted by molar-refractivity contribution is -0.117. The molecule has 130 valence electrons.